The van der Waals surface area contributed by atoms with Gasteiger partial charge in [-0.2, -0.15) is 4.98 Å². The van der Waals surface area contributed by atoms with Crippen molar-refractivity contribution >= 4 is 15.9 Å². The molecule has 1 unspecified atom stereocenters. The summed E-state index contributed by atoms with van der Waals surface area (Å²) in [4.78, 5) is 4.43. The maximum Gasteiger partial charge on any atom is 0.229 e. The van der Waals surface area contributed by atoms with E-state index in [-0.39, 0.29) is 6.10 Å². The molecule has 0 amide bonds. The molecule has 0 spiro atoms. The molecule has 6 heteroatoms. The van der Waals surface area contributed by atoms with Crippen molar-refractivity contribution in [2.24, 2.45) is 0 Å². The van der Waals surface area contributed by atoms with Crippen LogP contribution in [0.5, 0.6) is 0 Å². The van der Waals surface area contributed by atoms with Gasteiger partial charge in [0.15, 0.2) is 5.82 Å². The fourth-order valence-corrected chi connectivity index (χ4v) is 2.67. The van der Waals surface area contributed by atoms with Gasteiger partial charge in [-0.05, 0) is 17.7 Å². The summed E-state index contributed by atoms with van der Waals surface area (Å²) in [6, 6.07) is 8.11. The van der Waals surface area contributed by atoms with Gasteiger partial charge in [0, 0.05) is 24.0 Å². The molecule has 1 aliphatic heterocycles. The Labute approximate surface area is 125 Å². The number of hydrogen-bond donors (Lipinski definition) is 1. The van der Waals surface area contributed by atoms with Gasteiger partial charge in [-0.15, -0.1) is 0 Å². The highest BCUT2D eigenvalue weighted by molar-refractivity contribution is 9.10. The van der Waals surface area contributed by atoms with Crippen molar-refractivity contribution in [2.45, 2.75) is 18.9 Å². The molecule has 0 radical (unpaired) electrons. The smallest absolute Gasteiger partial charge is 0.229 e. The third kappa shape index (κ3) is 3.65. The van der Waals surface area contributed by atoms with E-state index < -0.39 is 0 Å². The predicted octanol–water partition coefficient (Wildman–Crippen LogP) is 1.95. The number of nitrogens with zero attached hydrogens (tertiary/aromatic N) is 2. The first-order chi connectivity index (χ1) is 9.79. The SMILES string of the molecule is Brc1cccc(Cc2noc(CC3CNCCO3)n2)c1. The van der Waals surface area contributed by atoms with Crippen molar-refractivity contribution in [3.63, 3.8) is 0 Å². The molecule has 1 saturated heterocycles. The highest BCUT2D eigenvalue weighted by Crippen LogP contribution is 2.14. The molecule has 1 aliphatic rings. The Hall–Kier alpha value is -1.24. The first kappa shape index (κ1) is 13.7. The molecule has 0 aliphatic carbocycles. The molecule has 2 heterocycles. The number of hydrogen-bond acceptors (Lipinski definition) is 5. The largest absolute Gasteiger partial charge is 0.375 e. The minimum absolute atomic E-state index is 0.128. The monoisotopic (exact) mass is 337 g/mol. The molecule has 20 heavy (non-hydrogen) atoms. The fourth-order valence-electron chi connectivity index (χ4n) is 2.22. The van der Waals surface area contributed by atoms with Crippen LogP contribution in [0.1, 0.15) is 17.3 Å². The minimum Gasteiger partial charge on any atom is -0.375 e. The van der Waals surface area contributed by atoms with Gasteiger partial charge in [0.2, 0.25) is 5.89 Å². The van der Waals surface area contributed by atoms with Crippen molar-refractivity contribution in [2.75, 3.05) is 19.7 Å². The van der Waals surface area contributed by atoms with Gasteiger partial charge in [0.05, 0.1) is 19.1 Å². The van der Waals surface area contributed by atoms with E-state index in [1.54, 1.807) is 0 Å². The van der Waals surface area contributed by atoms with E-state index in [2.05, 4.69) is 43.5 Å². The number of halogens is 1. The zero-order valence-electron chi connectivity index (χ0n) is 11.0. The van der Waals surface area contributed by atoms with E-state index in [4.69, 9.17) is 9.26 Å². The molecule has 1 atom stereocenters. The first-order valence-electron chi connectivity index (χ1n) is 6.68. The lowest BCUT2D eigenvalue weighted by Gasteiger charge is -2.21. The lowest BCUT2D eigenvalue weighted by Crippen LogP contribution is -2.39. The number of rotatable bonds is 4. The topological polar surface area (TPSA) is 60.2 Å². The van der Waals surface area contributed by atoms with E-state index >= 15 is 0 Å². The molecule has 0 saturated carbocycles. The molecule has 0 bridgehead atoms. The minimum atomic E-state index is 0.128. The summed E-state index contributed by atoms with van der Waals surface area (Å²) in [7, 11) is 0. The van der Waals surface area contributed by atoms with Crippen LogP contribution in [0.3, 0.4) is 0 Å². The van der Waals surface area contributed by atoms with Crippen LogP contribution in [0.15, 0.2) is 33.3 Å². The van der Waals surface area contributed by atoms with Crippen molar-refractivity contribution in [1.82, 2.24) is 15.5 Å². The normalized spacial score (nSPS) is 19.1. The number of ether oxygens (including phenoxy) is 1. The Bertz CT molecular complexity index is 567. The molecule has 1 N–H and O–H groups in total. The highest BCUT2D eigenvalue weighted by atomic mass is 79.9. The van der Waals surface area contributed by atoms with Gasteiger partial charge in [-0.1, -0.05) is 33.2 Å². The molecular weight excluding hydrogens is 322 g/mol. The van der Waals surface area contributed by atoms with Crippen LogP contribution in [0.4, 0.5) is 0 Å². The summed E-state index contributed by atoms with van der Waals surface area (Å²) in [5, 5.41) is 7.32. The van der Waals surface area contributed by atoms with Crippen molar-refractivity contribution in [1.29, 1.82) is 0 Å². The second-order valence-electron chi connectivity index (χ2n) is 4.81. The van der Waals surface area contributed by atoms with Crippen molar-refractivity contribution in [3.8, 4) is 0 Å². The van der Waals surface area contributed by atoms with E-state index in [9.17, 15) is 0 Å². The Morgan fingerprint density at radius 1 is 1.40 bits per heavy atom. The van der Waals surface area contributed by atoms with E-state index in [0.29, 0.717) is 24.6 Å². The Kier molecular flexibility index (Phi) is 4.44. The summed E-state index contributed by atoms with van der Waals surface area (Å²) < 4.78 is 12.0. The molecule has 2 aromatic rings. The van der Waals surface area contributed by atoms with Gasteiger partial charge in [-0.25, -0.2) is 0 Å². The number of morpholine rings is 1. The molecular formula is C14H16BrN3O2. The van der Waals surface area contributed by atoms with Crippen LogP contribution < -0.4 is 5.32 Å². The zero-order valence-corrected chi connectivity index (χ0v) is 12.6. The van der Waals surface area contributed by atoms with E-state index in [1.807, 2.05) is 12.1 Å². The summed E-state index contributed by atoms with van der Waals surface area (Å²) in [5.74, 6) is 1.35. The number of aromatic nitrogens is 2. The molecule has 3 rings (SSSR count). The van der Waals surface area contributed by atoms with Crippen LogP contribution >= 0.6 is 15.9 Å². The van der Waals surface area contributed by atoms with Crippen LogP contribution in [0, 0.1) is 0 Å². The Morgan fingerprint density at radius 2 is 2.35 bits per heavy atom. The maximum atomic E-state index is 5.63. The lowest BCUT2D eigenvalue weighted by atomic mass is 10.1. The fraction of sp³-hybridized carbons (Fsp3) is 0.429. The number of nitrogens with one attached hydrogen (secondary N) is 1. The van der Waals surface area contributed by atoms with Gasteiger partial charge >= 0.3 is 0 Å². The van der Waals surface area contributed by atoms with Crippen LogP contribution in [-0.4, -0.2) is 35.9 Å². The summed E-state index contributed by atoms with van der Waals surface area (Å²) in [6.45, 7) is 2.49. The second kappa shape index (κ2) is 6.47. The molecule has 1 aromatic carbocycles. The average Bonchev–Trinajstić information content (AvgIpc) is 2.87. The lowest BCUT2D eigenvalue weighted by molar-refractivity contribution is 0.0246. The highest BCUT2D eigenvalue weighted by Gasteiger charge is 2.17. The zero-order chi connectivity index (χ0) is 13.8. The third-order valence-corrected chi connectivity index (χ3v) is 3.66. The first-order valence-corrected chi connectivity index (χ1v) is 7.47. The summed E-state index contributed by atoms with van der Waals surface area (Å²) in [6.07, 6.45) is 1.47. The molecule has 1 fully saturated rings. The molecule has 5 nitrogen and oxygen atoms in total. The van der Waals surface area contributed by atoms with Crippen molar-refractivity contribution in [3.05, 3.63) is 46.0 Å². The standard InChI is InChI=1S/C14H16BrN3O2/c15-11-3-1-2-10(6-11)7-13-17-14(20-18-13)8-12-9-16-4-5-19-12/h1-3,6,12,16H,4-5,7-9H2. The number of benzene rings is 1. The van der Waals surface area contributed by atoms with Crippen LogP contribution in [-0.2, 0) is 17.6 Å². The van der Waals surface area contributed by atoms with E-state index in [0.717, 1.165) is 29.7 Å². The quantitative estimate of drug-likeness (QED) is 0.923. The van der Waals surface area contributed by atoms with Crippen LogP contribution in [0.25, 0.3) is 0 Å². The van der Waals surface area contributed by atoms with Gasteiger partial charge in [0.25, 0.3) is 0 Å². The average molecular weight is 338 g/mol. The maximum absolute atomic E-state index is 5.63. The Balaban J connectivity index is 1.61. The van der Waals surface area contributed by atoms with Gasteiger partial charge in [0.1, 0.15) is 0 Å². The molecule has 106 valence electrons. The van der Waals surface area contributed by atoms with Crippen molar-refractivity contribution < 1.29 is 9.26 Å². The third-order valence-electron chi connectivity index (χ3n) is 3.17. The van der Waals surface area contributed by atoms with Gasteiger partial charge < -0.3 is 14.6 Å². The summed E-state index contributed by atoms with van der Waals surface area (Å²) in [5.41, 5.74) is 1.15. The second-order valence-corrected chi connectivity index (χ2v) is 5.73. The Morgan fingerprint density at radius 3 is 3.15 bits per heavy atom. The van der Waals surface area contributed by atoms with Gasteiger partial charge in [-0.3, -0.25) is 0 Å². The van der Waals surface area contributed by atoms with E-state index in [1.165, 1.54) is 0 Å². The van der Waals surface area contributed by atoms with Crippen LogP contribution in [0.2, 0.25) is 0 Å². The molecule has 1 aromatic heterocycles. The summed E-state index contributed by atoms with van der Waals surface area (Å²) >= 11 is 3.46. The predicted molar refractivity (Wildman–Crippen MR) is 77.6 cm³/mol.